The molecule has 16 heavy (non-hydrogen) atoms. The SMILES string of the molecule is Nc1cc(-c2cccs2)ccc1NC(=O)O. The van der Waals surface area contributed by atoms with E-state index in [1.54, 1.807) is 23.5 Å². The minimum Gasteiger partial charge on any atom is -0.465 e. The van der Waals surface area contributed by atoms with E-state index in [-0.39, 0.29) is 0 Å². The van der Waals surface area contributed by atoms with E-state index in [1.807, 2.05) is 23.6 Å². The van der Waals surface area contributed by atoms with Crippen molar-refractivity contribution in [1.29, 1.82) is 0 Å². The Kier molecular flexibility index (Phi) is 2.78. The van der Waals surface area contributed by atoms with Crippen molar-refractivity contribution < 1.29 is 9.90 Å². The second-order valence-electron chi connectivity index (χ2n) is 3.21. The number of thiophene rings is 1. The summed E-state index contributed by atoms with van der Waals surface area (Å²) in [6, 6.07) is 9.21. The number of hydrogen-bond donors (Lipinski definition) is 3. The van der Waals surface area contributed by atoms with Gasteiger partial charge in [-0.25, -0.2) is 4.79 Å². The smallest absolute Gasteiger partial charge is 0.409 e. The number of amides is 1. The largest absolute Gasteiger partial charge is 0.465 e. The average molecular weight is 234 g/mol. The van der Waals surface area contributed by atoms with E-state index in [1.165, 1.54) is 0 Å². The van der Waals surface area contributed by atoms with E-state index >= 15 is 0 Å². The molecule has 0 aliphatic rings. The highest BCUT2D eigenvalue weighted by molar-refractivity contribution is 7.13. The van der Waals surface area contributed by atoms with Gasteiger partial charge in [0.2, 0.25) is 0 Å². The molecule has 0 unspecified atom stereocenters. The molecule has 1 aromatic heterocycles. The van der Waals surface area contributed by atoms with E-state index in [2.05, 4.69) is 5.32 Å². The fourth-order valence-corrected chi connectivity index (χ4v) is 2.11. The predicted octanol–water partition coefficient (Wildman–Crippen LogP) is 3.09. The van der Waals surface area contributed by atoms with Crippen molar-refractivity contribution in [3.8, 4) is 10.4 Å². The molecule has 4 nitrogen and oxygen atoms in total. The fraction of sp³-hybridized carbons (Fsp3) is 0. The Bertz CT molecular complexity index is 509. The Morgan fingerprint density at radius 2 is 2.19 bits per heavy atom. The summed E-state index contributed by atoms with van der Waals surface area (Å²) in [5, 5.41) is 12.8. The maximum absolute atomic E-state index is 10.5. The number of nitrogens with one attached hydrogen (secondary N) is 1. The van der Waals surface area contributed by atoms with Gasteiger partial charge < -0.3 is 10.8 Å². The van der Waals surface area contributed by atoms with Gasteiger partial charge in [0, 0.05) is 4.88 Å². The lowest BCUT2D eigenvalue weighted by molar-refractivity contribution is 0.210. The van der Waals surface area contributed by atoms with E-state index < -0.39 is 6.09 Å². The van der Waals surface area contributed by atoms with Crippen LogP contribution in [0.2, 0.25) is 0 Å². The van der Waals surface area contributed by atoms with Crippen molar-refractivity contribution in [3.05, 3.63) is 35.7 Å². The number of carbonyl (C=O) groups is 1. The van der Waals surface area contributed by atoms with Gasteiger partial charge in [0.15, 0.2) is 0 Å². The zero-order valence-corrected chi connectivity index (χ0v) is 9.12. The van der Waals surface area contributed by atoms with E-state index in [0.29, 0.717) is 11.4 Å². The normalized spacial score (nSPS) is 10.0. The van der Waals surface area contributed by atoms with Crippen molar-refractivity contribution in [2.24, 2.45) is 0 Å². The molecule has 1 amide bonds. The predicted molar refractivity (Wildman–Crippen MR) is 65.8 cm³/mol. The number of benzene rings is 1. The quantitative estimate of drug-likeness (QED) is 0.699. The van der Waals surface area contributed by atoms with Crippen LogP contribution in [0.4, 0.5) is 16.2 Å². The highest BCUT2D eigenvalue weighted by atomic mass is 32.1. The maximum atomic E-state index is 10.5. The number of rotatable bonds is 2. The van der Waals surface area contributed by atoms with Gasteiger partial charge in [-0.1, -0.05) is 12.1 Å². The zero-order chi connectivity index (χ0) is 11.5. The first-order valence-corrected chi connectivity index (χ1v) is 5.48. The summed E-state index contributed by atoms with van der Waals surface area (Å²) in [7, 11) is 0. The van der Waals surface area contributed by atoms with Crippen LogP contribution in [0, 0.1) is 0 Å². The summed E-state index contributed by atoms with van der Waals surface area (Å²) in [6.45, 7) is 0. The lowest BCUT2D eigenvalue weighted by Crippen LogP contribution is -2.09. The summed E-state index contributed by atoms with van der Waals surface area (Å²) in [6.07, 6.45) is -1.12. The standard InChI is InChI=1S/C11H10N2O2S/c12-8-6-7(10-2-1-5-16-10)3-4-9(8)13-11(14)15/h1-6,13H,12H2,(H,14,15). The molecule has 0 saturated heterocycles. The third kappa shape index (κ3) is 2.14. The summed E-state index contributed by atoms with van der Waals surface area (Å²) in [5.41, 5.74) is 7.58. The monoisotopic (exact) mass is 234 g/mol. The molecule has 82 valence electrons. The molecule has 0 radical (unpaired) electrons. The van der Waals surface area contributed by atoms with Gasteiger partial charge in [-0.3, -0.25) is 5.32 Å². The van der Waals surface area contributed by atoms with E-state index in [9.17, 15) is 4.79 Å². The number of nitrogens with two attached hydrogens (primary N) is 1. The molecule has 1 aromatic carbocycles. The second-order valence-corrected chi connectivity index (χ2v) is 4.16. The minimum atomic E-state index is -1.12. The van der Waals surface area contributed by atoms with Crippen LogP contribution in [0.5, 0.6) is 0 Å². The Morgan fingerprint density at radius 3 is 2.75 bits per heavy atom. The summed E-state index contributed by atoms with van der Waals surface area (Å²) in [4.78, 5) is 11.6. The Balaban J connectivity index is 2.33. The molecule has 0 fully saturated rings. The first kappa shape index (κ1) is 10.5. The first-order chi connectivity index (χ1) is 7.66. The van der Waals surface area contributed by atoms with Crippen LogP contribution < -0.4 is 11.1 Å². The number of anilines is 2. The number of carboxylic acid groups (broad SMARTS) is 1. The van der Waals surface area contributed by atoms with Crippen LogP contribution in [-0.4, -0.2) is 11.2 Å². The number of hydrogen-bond acceptors (Lipinski definition) is 3. The van der Waals surface area contributed by atoms with Crippen LogP contribution in [0.15, 0.2) is 35.7 Å². The van der Waals surface area contributed by atoms with Crippen LogP contribution in [0.25, 0.3) is 10.4 Å². The molecule has 4 N–H and O–H groups in total. The molecule has 0 saturated carbocycles. The van der Waals surface area contributed by atoms with Gasteiger partial charge in [-0.15, -0.1) is 11.3 Å². The summed E-state index contributed by atoms with van der Waals surface area (Å²) >= 11 is 1.61. The van der Waals surface area contributed by atoms with Gasteiger partial charge >= 0.3 is 6.09 Å². The van der Waals surface area contributed by atoms with Gasteiger partial charge in [-0.05, 0) is 29.1 Å². The first-order valence-electron chi connectivity index (χ1n) is 4.60. The fourth-order valence-electron chi connectivity index (χ4n) is 1.39. The van der Waals surface area contributed by atoms with Crippen LogP contribution >= 0.6 is 11.3 Å². The molecular weight excluding hydrogens is 224 g/mol. The van der Waals surface area contributed by atoms with Crippen LogP contribution in [0.3, 0.4) is 0 Å². The van der Waals surface area contributed by atoms with Crippen LogP contribution in [-0.2, 0) is 0 Å². The maximum Gasteiger partial charge on any atom is 0.409 e. The third-order valence-corrected chi connectivity index (χ3v) is 3.02. The molecule has 0 aliphatic carbocycles. The highest BCUT2D eigenvalue weighted by Crippen LogP contribution is 2.29. The van der Waals surface area contributed by atoms with E-state index in [4.69, 9.17) is 10.8 Å². The average Bonchev–Trinajstić information content (AvgIpc) is 2.73. The molecular formula is C11H10N2O2S. The Hall–Kier alpha value is -2.01. The van der Waals surface area contributed by atoms with Crippen molar-refractivity contribution in [3.63, 3.8) is 0 Å². The topological polar surface area (TPSA) is 75.3 Å². The summed E-state index contributed by atoms with van der Waals surface area (Å²) < 4.78 is 0. The summed E-state index contributed by atoms with van der Waals surface area (Å²) in [5.74, 6) is 0. The van der Waals surface area contributed by atoms with Crippen LogP contribution in [0.1, 0.15) is 0 Å². The lowest BCUT2D eigenvalue weighted by Gasteiger charge is -2.06. The van der Waals surface area contributed by atoms with E-state index in [0.717, 1.165) is 10.4 Å². The third-order valence-electron chi connectivity index (χ3n) is 2.10. The highest BCUT2D eigenvalue weighted by Gasteiger charge is 2.05. The molecule has 1 heterocycles. The van der Waals surface area contributed by atoms with Crippen molar-refractivity contribution in [2.75, 3.05) is 11.1 Å². The molecule has 0 spiro atoms. The minimum absolute atomic E-state index is 0.410. The number of nitrogen functional groups attached to an aromatic ring is 1. The Labute approximate surface area is 96.3 Å². The lowest BCUT2D eigenvalue weighted by atomic mass is 10.1. The molecule has 0 bridgehead atoms. The Morgan fingerprint density at radius 1 is 1.38 bits per heavy atom. The molecule has 2 aromatic rings. The van der Waals surface area contributed by atoms with Crippen molar-refractivity contribution >= 4 is 28.8 Å². The molecule has 0 atom stereocenters. The van der Waals surface area contributed by atoms with Gasteiger partial charge in [-0.2, -0.15) is 0 Å². The molecule has 0 aliphatic heterocycles. The second kappa shape index (κ2) is 4.24. The zero-order valence-electron chi connectivity index (χ0n) is 8.31. The van der Waals surface area contributed by atoms with Crippen molar-refractivity contribution in [2.45, 2.75) is 0 Å². The van der Waals surface area contributed by atoms with Crippen molar-refractivity contribution in [1.82, 2.24) is 0 Å². The molecule has 2 rings (SSSR count). The molecule has 5 heteroatoms. The van der Waals surface area contributed by atoms with Gasteiger partial charge in [0.1, 0.15) is 0 Å². The van der Waals surface area contributed by atoms with Gasteiger partial charge in [0.05, 0.1) is 11.4 Å². The van der Waals surface area contributed by atoms with Gasteiger partial charge in [0.25, 0.3) is 0 Å².